The fourth-order valence-electron chi connectivity index (χ4n) is 1.96. The van der Waals surface area contributed by atoms with Gasteiger partial charge in [-0.3, -0.25) is 0 Å². The van der Waals surface area contributed by atoms with Gasteiger partial charge in [0.15, 0.2) is 0 Å². The molecule has 3 nitrogen and oxygen atoms in total. The standard InChI is InChI=1S/C14H8BrN3/c15-12-5-3-7-14(11(12)8-16)18-13-6-2-1-4-10(13)9-17-18/h1-7,9H. The maximum atomic E-state index is 9.25. The van der Waals surface area contributed by atoms with Crippen LogP contribution in [0.5, 0.6) is 0 Å². The zero-order chi connectivity index (χ0) is 12.5. The van der Waals surface area contributed by atoms with E-state index < -0.39 is 0 Å². The summed E-state index contributed by atoms with van der Waals surface area (Å²) in [6.07, 6.45) is 1.80. The van der Waals surface area contributed by atoms with Gasteiger partial charge in [-0.2, -0.15) is 10.4 Å². The molecular formula is C14H8BrN3. The Balaban J connectivity index is 2.34. The number of rotatable bonds is 1. The van der Waals surface area contributed by atoms with Crippen LogP contribution in [-0.4, -0.2) is 9.78 Å². The Morgan fingerprint density at radius 3 is 2.78 bits per heavy atom. The maximum Gasteiger partial charge on any atom is 0.103 e. The first-order valence-corrected chi connectivity index (χ1v) is 6.22. The number of fused-ring (bicyclic) bond motifs is 1. The Kier molecular flexibility index (Phi) is 2.62. The highest BCUT2D eigenvalue weighted by molar-refractivity contribution is 9.10. The lowest BCUT2D eigenvalue weighted by Crippen LogP contribution is -1.99. The Morgan fingerprint density at radius 1 is 1.11 bits per heavy atom. The first-order chi connectivity index (χ1) is 8.81. The van der Waals surface area contributed by atoms with Crippen molar-refractivity contribution >= 4 is 26.8 Å². The van der Waals surface area contributed by atoms with Gasteiger partial charge in [-0.25, -0.2) is 4.68 Å². The van der Waals surface area contributed by atoms with Crippen molar-refractivity contribution in [3.05, 3.63) is 58.7 Å². The van der Waals surface area contributed by atoms with E-state index in [1.807, 2.05) is 42.5 Å². The van der Waals surface area contributed by atoms with E-state index in [0.29, 0.717) is 5.56 Å². The van der Waals surface area contributed by atoms with E-state index in [4.69, 9.17) is 0 Å². The van der Waals surface area contributed by atoms with Crippen molar-refractivity contribution in [3.63, 3.8) is 0 Å². The molecule has 0 spiro atoms. The minimum atomic E-state index is 0.589. The summed E-state index contributed by atoms with van der Waals surface area (Å²) in [4.78, 5) is 0. The number of aromatic nitrogens is 2. The highest BCUT2D eigenvalue weighted by Gasteiger charge is 2.10. The minimum absolute atomic E-state index is 0.589. The molecule has 0 N–H and O–H groups in total. The topological polar surface area (TPSA) is 41.6 Å². The molecule has 0 unspecified atom stereocenters. The van der Waals surface area contributed by atoms with Crippen LogP contribution in [0.1, 0.15) is 5.56 Å². The van der Waals surface area contributed by atoms with Gasteiger partial charge in [0, 0.05) is 9.86 Å². The van der Waals surface area contributed by atoms with E-state index in [1.165, 1.54) is 0 Å². The molecular weight excluding hydrogens is 290 g/mol. The highest BCUT2D eigenvalue weighted by atomic mass is 79.9. The molecule has 1 heterocycles. The van der Waals surface area contributed by atoms with Gasteiger partial charge in [0.05, 0.1) is 23.0 Å². The maximum absolute atomic E-state index is 9.25. The predicted octanol–water partition coefficient (Wildman–Crippen LogP) is 3.66. The Hall–Kier alpha value is -2.12. The van der Waals surface area contributed by atoms with E-state index >= 15 is 0 Å². The summed E-state index contributed by atoms with van der Waals surface area (Å²) >= 11 is 3.39. The second-order valence-electron chi connectivity index (χ2n) is 3.86. The van der Waals surface area contributed by atoms with E-state index in [-0.39, 0.29) is 0 Å². The van der Waals surface area contributed by atoms with Crippen molar-refractivity contribution in [2.24, 2.45) is 0 Å². The summed E-state index contributed by atoms with van der Waals surface area (Å²) in [5.74, 6) is 0. The minimum Gasteiger partial charge on any atom is -0.232 e. The molecule has 18 heavy (non-hydrogen) atoms. The van der Waals surface area contributed by atoms with Gasteiger partial charge < -0.3 is 0 Å². The molecule has 86 valence electrons. The molecule has 0 amide bonds. The summed E-state index contributed by atoms with van der Waals surface area (Å²) in [6.45, 7) is 0. The molecule has 3 aromatic rings. The van der Waals surface area contributed by atoms with Gasteiger partial charge in [-0.15, -0.1) is 0 Å². The molecule has 1 aromatic heterocycles. The van der Waals surface area contributed by atoms with Crippen LogP contribution in [0.25, 0.3) is 16.6 Å². The van der Waals surface area contributed by atoms with Crippen LogP contribution in [0.3, 0.4) is 0 Å². The molecule has 0 aliphatic carbocycles. The van der Waals surface area contributed by atoms with Crippen molar-refractivity contribution in [2.75, 3.05) is 0 Å². The number of halogens is 1. The highest BCUT2D eigenvalue weighted by Crippen LogP contribution is 2.25. The monoisotopic (exact) mass is 297 g/mol. The SMILES string of the molecule is N#Cc1c(Br)cccc1-n1ncc2ccccc21. The van der Waals surface area contributed by atoms with Gasteiger partial charge in [0.25, 0.3) is 0 Å². The number of nitrogens with zero attached hydrogens (tertiary/aromatic N) is 3. The summed E-state index contributed by atoms with van der Waals surface area (Å²) in [5, 5.41) is 14.7. The molecule has 0 atom stereocenters. The fraction of sp³-hybridized carbons (Fsp3) is 0. The molecule has 0 fully saturated rings. The molecule has 0 saturated carbocycles. The Bertz CT molecular complexity index is 768. The average Bonchev–Trinajstić information content (AvgIpc) is 2.82. The summed E-state index contributed by atoms with van der Waals surface area (Å²) in [6, 6.07) is 15.8. The van der Waals surface area contributed by atoms with Crippen molar-refractivity contribution in [3.8, 4) is 11.8 Å². The van der Waals surface area contributed by atoms with Crippen LogP contribution in [0.15, 0.2) is 53.1 Å². The lowest BCUT2D eigenvalue weighted by atomic mass is 10.2. The lowest BCUT2D eigenvalue weighted by Gasteiger charge is -2.06. The third-order valence-corrected chi connectivity index (χ3v) is 3.47. The normalized spacial score (nSPS) is 10.4. The van der Waals surface area contributed by atoms with Gasteiger partial charge in [0.1, 0.15) is 6.07 Å². The van der Waals surface area contributed by atoms with Gasteiger partial charge >= 0.3 is 0 Å². The quantitative estimate of drug-likeness (QED) is 0.688. The van der Waals surface area contributed by atoms with Crippen LogP contribution >= 0.6 is 15.9 Å². The summed E-state index contributed by atoms with van der Waals surface area (Å²) < 4.78 is 2.57. The van der Waals surface area contributed by atoms with Gasteiger partial charge in [0.2, 0.25) is 0 Å². The van der Waals surface area contributed by atoms with E-state index in [9.17, 15) is 5.26 Å². The van der Waals surface area contributed by atoms with Crippen LogP contribution in [-0.2, 0) is 0 Å². The number of benzene rings is 2. The Morgan fingerprint density at radius 2 is 1.94 bits per heavy atom. The zero-order valence-electron chi connectivity index (χ0n) is 9.34. The van der Waals surface area contributed by atoms with Crippen LogP contribution in [0.4, 0.5) is 0 Å². The first kappa shape index (κ1) is 11.0. The molecule has 2 aromatic carbocycles. The van der Waals surface area contributed by atoms with E-state index in [0.717, 1.165) is 21.1 Å². The third kappa shape index (κ3) is 1.60. The molecule has 0 radical (unpaired) electrons. The van der Waals surface area contributed by atoms with Gasteiger partial charge in [-0.05, 0) is 34.1 Å². The van der Waals surface area contributed by atoms with Crippen LogP contribution < -0.4 is 0 Å². The number of para-hydroxylation sites is 1. The van der Waals surface area contributed by atoms with Crippen LogP contribution in [0, 0.1) is 11.3 Å². The van der Waals surface area contributed by atoms with E-state index in [2.05, 4.69) is 27.1 Å². The van der Waals surface area contributed by atoms with Gasteiger partial charge in [-0.1, -0.05) is 24.3 Å². The van der Waals surface area contributed by atoms with Crippen molar-refractivity contribution in [1.29, 1.82) is 5.26 Å². The van der Waals surface area contributed by atoms with Crippen LogP contribution in [0.2, 0.25) is 0 Å². The fourth-order valence-corrected chi connectivity index (χ4v) is 2.41. The first-order valence-electron chi connectivity index (χ1n) is 5.43. The number of hydrogen-bond donors (Lipinski definition) is 0. The Labute approximate surface area is 112 Å². The smallest absolute Gasteiger partial charge is 0.103 e. The molecule has 0 aliphatic rings. The summed E-state index contributed by atoms with van der Waals surface area (Å²) in [5.41, 5.74) is 2.37. The lowest BCUT2D eigenvalue weighted by molar-refractivity contribution is 0.906. The molecule has 0 saturated heterocycles. The summed E-state index contributed by atoms with van der Waals surface area (Å²) in [7, 11) is 0. The van der Waals surface area contributed by atoms with E-state index in [1.54, 1.807) is 10.9 Å². The predicted molar refractivity (Wildman–Crippen MR) is 73.5 cm³/mol. The van der Waals surface area contributed by atoms with Crippen molar-refractivity contribution < 1.29 is 0 Å². The van der Waals surface area contributed by atoms with Crippen molar-refractivity contribution in [2.45, 2.75) is 0 Å². The molecule has 4 heteroatoms. The molecule has 0 aliphatic heterocycles. The zero-order valence-corrected chi connectivity index (χ0v) is 10.9. The number of hydrogen-bond acceptors (Lipinski definition) is 2. The largest absolute Gasteiger partial charge is 0.232 e. The van der Waals surface area contributed by atoms with Crippen molar-refractivity contribution in [1.82, 2.24) is 9.78 Å². The number of nitriles is 1. The average molecular weight is 298 g/mol. The molecule has 3 rings (SSSR count). The molecule has 0 bridgehead atoms. The second kappa shape index (κ2) is 4.28. The third-order valence-electron chi connectivity index (χ3n) is 2.81. The second-order valence-corrected chi connectivity index (χ2v) is 4.72.